The molecule has 8 nitrogen and oxygen atoms in total. The van der Waals surface area contributed by atoms with Gasteiger partial charge in [-0.25, -0.2) is 13.4 Å². The van der Waals surface area contributed by atoms with E-state index in [-0.39, 0.29) is 22.5 Å². The molecule has 2 aromatic heterocycles. The normalized spacial score (nSPS) is 15.8. The van der Waals surface area contributed by atoms with Crippen molar-refractivity contribution in [1.29, 1.82) is 0 Å². The van der Waals surface area contributed by atoms with Crippen molar-refractivity contribution in [2.75, 3.05) is 11.2 Å². The number of hydrogen-bond acceptors (Lipinski definition) is 6. The lowest BCUT2D eigenvalue weighted by molar-refractivity contribution is 0.101. The number of aromatic nitrogens is 2. The fourth-order valence-corrected chi connectivity index (χ4v) is 5.49. The van der Waals surface area contributed by atoms with Gasteiger partial charge in [-0.15, -0.1) is 0 Å². The summed E-state index contributed by atoms with van der Waals surface area (Å²) < 4.78 is 24.4. The van der Waals surface area contributed by atoms with Crippen LogP contribution >= 0.6 is 0 Å². The van der Waals surface area contributed by atoms with Gasteiger partial charge in [0.2, 0.25) is 0 Å². The van der Waals surface area contributed by atoms with Gasteiger partial charge in [0.1, 0.15) is 11.4 Å². The zero-order chi connectivity index (χ0) is 27.1. The van der Waals surface area contributed by atoms with Gasteiger partial charge in [0.15, 0.2) is 15.6 Å². The number of nitrogens with one attached hydrogen (secondary N) is 2. The van der Waals surface area contributed by atoms with E-state index in [4.69, 9.17) is 0 Å². The van der Waals surface area contributed by atoms with Gasteiger partial charge >= 0.3 is 0 Å². The Morgan fingerprint density at radius 3 is 2.51 bits per heavy atom. The molecular formula is C28H32N4O4S. The lowest BCUT2D eigenvalue weighted by atomic mass is 9.93. The Kier molecular flexibility index (Phi) is 6.85. The molecule has 5 rings (SSSR count). The first kappa shape index (κ1) is 26.3. The number of amidine groups is 1. The molecule has 0 atom stereocenters. The largest absolute Gasteiger partial charge is 0.356 e. The van der Waals surface area contributed by atoms with Gasteiger partial charge in [0, 0.05) is 52.3 Å². The average molecular weight is 521 g/mol. The van der Waals surface area contributed by atoms with Crippen molar-refractivity contribution in [3.05, 3.63) is 76.0 Å². The molecule has 0 aliphatic carbocycles. The Morgan fingerprint density at radius 1 is 1.11 bits per heavy atom. The number of aromatic amines is 2. The maximum absolute atomic E-state index is 12.6. The van der Waals surface area contributed by atoms with Crippen LogP contribution in [0.2, 0.25) is 0 Å². The summed E-state index contributed by atoms with van der Waals surface area (Å²) in [6, 6.07) is 3.51. The van der Waals surface area contributed by atoms with E-state index in [2.05, 4.69) is 34.9 Å². The Balaban J connectivity index is 0.00000156. The third-order valence-electron chi connectivity index (χ3n) is 6.38. The number of nitrogens with zero attached hydrogens (tertiary/aromatic N) is 2. The fourth-order valence-electron chi connectivity index (χ4n) is 4.69. The van der Waals surface area contributed by atoms with Gasteiger partial charge in [0.05, 0.1) is 18.0 Å². The summed E-state index contributed by atoms with van der Waals surface area (Å²) in [5.74, 6) is 0.188. The third kappa shape index (κ3) is 5.09. The molecule has 0 amide bonds. The molecular weight excluding hydrogens is 488 g/mol. The highest BCUT2D eigenvalue weighted by molar-refractivity contribution is 7.89. The monoisotopic (exact) mass is 520 g/mol. The van der Waals surface area contributed by atoms with Gasteiger partial charge in [0.25, 0.3) is 5.56 Å². The number of carbonyl (C=O) groups is 1. The topological polar surface area (TPSA) is 115 Å². The highest BCUT2D eigenvalue weighted by Gasteiger charge is 2.29. The molecule has 4 heterocycles. The van der Waals surface area contributed by atoms with Crippen LogP contribution in [-0.4, -0.2) is 36.3 Å². The number of fused-ring (bicyclic) bond motifs is 2. The number of anilines is 1. The number of benzene rings is 1. The van der Waals surface area contributed by atoms with Crippen molar-refractivity contribution < 1.29 is 13.2 Å². The van der Waals surface area contributed by atoms with E-state index in [9.17, 15) is 18.0 Å². The maximum atomic E-state index is 12.6. The van der Waals surface area contributed by atoms with Crippen LogP contribution in [0.25, 0.3) is 22.0 Å². The Labute approximate surface area is 216 Å². The molecule has 37 heavy (non-hydrogen) atoms. The molecule has 9 heteroatoms. The summed E-state index contributed by atoms with van der Waals surface area (Å²) in [4.78, 5) is 37.7. The molecule has 0 radical (unpaired) electrons. The number of allylic oxidation sites excluding steroid dienone is 2. The van der Waals surface area contributed by atoms with Crippen molar-refractivity contribution in [1.82, 2.24) is 9.97 Å². The highest BCUT2D eigenvalue weighted by Crippen LogP contribution is 2.42. The zero-order valence-electron chi connectivity index (χ0n) is 22.0. The minimum absolute atomic E-state index is 0.180. The molecule has 0 spiro atoms. The van der Waals surface area contributed by atoms with Gasteiger partial charge in [-0.3, -0.25) is 9.59 Å². The van der Waals surface area contributed by atoms with Crippen LogP contribution in [0.1, 0.15) is 56.1 Å². The molecule has 2 aliphatic rings. The first-order valence-electron chi connectivity index (χ1n) is 12.2. The van der Waals surface area contributed by atoms with Gasteiger partial charge in [-0.1, -0.05) is 39.8 Å². The number of Topliss-reactive ketones (excluding diaryl/α,β-unsaturated/α-hetero) is 1. The SMILES string of the molecule is CC.CC(=O)c1cc2c(cc1CS(C)(=O)=O)-c1c[nH]c(=O)c3[nH]cc(c13)CN2C1=NC=CC(C)(C)C=C1. The molecule has 0 unspecified atom stereocenters. The molecule has 1 aromatic carbocycles. The van der Waals surface area contributed by atoms with Gasteiger partial charge in [-0.2, -0.15) is 0 Å². The summed E-state index contributed by atoms with van der Waals surface area (Å²) in [6.45, 7) is 10.0. The molecule has 0 bridgehead atoms. The number of rotatable bonds is 3. The van der Waals surface area contributed by atoms with Crippen molar-refractivity contribution in [2.24, 2.45) is 10.4 Å². The van der Waals surface area contributed by atoms with E-state index < -0.39 is 9.84 Å². The summed E-state index contributed by atoms with van der Waals surface area (Å²) in [5, 5.41) is 0.771. The minimum Gasteiger partial charge on any atom is -0.356 e. The molecule has 2 aliphatic heterocycles. The van der Waals surface area contributed by atoms with E-state index >= 15 is 0 Å². The number of H-pyrrole nitrogens is 2. The molecule has 194 valence electrons. The van der Waals surface area contributed by atoms with Crippen molar-refractivity contribution in [3.63, 3.8) is 0 Å². The van der Waals surface area contributed by atoms with Crippen LogP contribution in [0.4, 0.5) is 5.69 Å². The van der Waals surface area contributed by atoms with E-state index in [1.54, 1.807) is 24.5 Å². The van der Waals surface area contributed by atoms with Crippen LogP contribution in [0.3, 0.4) is 0 Å². The predicted octanol–water partition coefficient (Wildman–Crippen LogP) is 5.12. The first-order chi connectivity index (χ1) is 17.4. The summed E-state index contributed by atoms with van der Waals surface area (Å²) in [6.07, 6.45) is 12.4. The fraction of sp³-hybridized carbons (Fsp3) is 0.321. The molecule has 3 aromatic rings. The lowest BCUT2D eigenvalue weighted by Gasteiger charge is -2.26. The first-order valence-corrected chi connectivity index (χ1v) is 14.3. The summed E-state index contributed by atoms with van der Waals surface area (Å²) in [7, 11) is -3.40. The highest BCUT2D eigenvalue weighted by atomic mass is 32.2. The van der Waals surface area contributed by atoms with Crippen LogP contribution in [-0.2, 0) is 22.1 Å². The van der Waals surface area contributed by atoms with Crippen molar-refractivity contribution in [2.45, 2.75) is 46.9 Å². The van der Waals surface area contributed by atoms with E-state index in [1.165, 1.54) is 6.92 Å². The second kappa shape index (κ2) is 9.63. The quantitative estimate of drug-likeness (QED) is 0.465. The maximum Gasteiger partial charge on any atom is 0.272 e. The van der Waals surface area contributed by atoms with Crippen LogP contribution < -0.4 is 10.5 Å². The number of pyridine rings is 1. The molecule has 0 fully saturated rings. The lowest BCUT2D eigenvalue weighted by Crippen LogP contribution is -2.29. The smallest absolute Gasteiger partial charge is 0.272 e. The van der Waals surface area contributed by atoms with Crippen LogP contribution in [0.15, 0.2) is 58.7 Å². The number of hydrogen-bond donors (Lipinski definition) is 2. The Morgan fingerprint density at radius 2 is 1.84 bits per heavy atom. The Hall–Kier alpha value is -3.72. The van der Waals surface area contributed by atoms with Crippen LogP contribution in [0.5, 0.6) is 0 Å². The Bertz CT molecular complexity index is 1650. The number of ketones is 1. The van der Waals surface area contributed by atoms with Gasteiger partial charge < -0.3 is 14.9 Å². The molecule has 0 saturated heterocycles. The van der Waals surface area contributed by atoms with E-state index in [0.717, 1.165) is 28.3 Å². The summed E-state index contributed by atoms with van der Waals surface area (Å²) >= 11 is 0. The summed E-state index contributed by atoms with van der Waals surface area (Å²) in [5.41, 5.74) is 3.90. The number of sulfone groups is 1. The van der Waals surface area contributed by atoms with Crippen molar-refractivity contribution >= 4 is 38.0 Å². The zero-order valence-corrected chi connectivity index (χ0v) is 22.8. The van der Waals surface area contributed by atoms with Crippen LogP contribution in [0, 0.1) is 5.41 Å². The van der Waals surface area contributed by atoms with E-state index in [1.807, 2.05) is 37.1 Å². The second-order valence-corrected chi connectivity index (χ2v) is 11.9. The average Bonchev–Trinajstić information content (AvgIpc) is 3.09. The number of carbonyl (C=O) groups excluding carboxylic acids is 1. The minimum atomic E-state index is -3.40. The third-order valence-corrected chi connectivity index (χ3v) is 7.22. The standard InChI is InChI=1S/C26H26N4O4S.C2H6/c1-15(31)18-10-21-19(9-16(18)14-35(4,33)34)20-12-29-25(32)24-23(20)17(11-28-24)13-30(21)22-5-6-26(2,3)7-8-27-22;1-2/h5-12,28H,13-14H2,1-4H3,(H,29,32);1-2H3. The molecule has 2 N–H and O–H groups in total. The number of aliphatic imine (C=N–C) groups is 1. The predicted molar refractivity (Wildman–Crippen MR) is 150 cm³/mol. The second-order valence-electron chi connectivity index (χ2n) is 9.79. The van der Waals surface area contributed by atoms with Gasteiger partial charge in [-0.05, 0) is 36.3 Å². The molecule has 0 saturated carbocycles. The van der Waals surface area contributed by atoms with Crippen molar-refractivity contribution in [3.8, 4) is 11.1 Å². The van der Waals surface area contributed by atoms with E-state index in [0.29, 0.717) is 34.7 Å².